The summed E-state index contributed by atoms with van der Waals surface area (Å²) in [6, 6.07) is 6.48. The van der Waals surface area contributed by atoms with Crippen LogP contribution in [-0.2, 0) is 16.6 Å². The van der Waals surface area contributed by atoms with E-state index in [0.717, 1.165) is 25.0 Å². The minimum Gasteiger partial charge on any atom is -0.497 e. The van der Waals surface area contributed by atoms with Crippen molar-refractivity contribution < 1.29 is 9.53 Å². The Morgan fingerprint density at radius 1 is 1.42 bits per heavy atom. The highest BCUT2D eigenvalue weighted by Gasteiger charge is 2.44. The topological polar surface area (TPSA) is 38.3 Å². The van der Waals surface area contributed by atoms with Gasteiger partial charge in [0.05, 0.1) is 7.11 Å². The smallest absolute Gasteiger partial charge is 0.217 e. The van der Waals surface area contributed by atoms with Gasteiger partial charge in [0.15, 0.2) is 0 Å². The number of ether oxygens (including phenoxy) is 1. The van der Waals surface area contributed by atoms with Crippen molar-refractivity contribution in [2.45, 2.75) is 51.5 Å². The molecule has 1 aromatic carbocycles. The maximum Gasteiger partial charge on any atom is 0.217 e. The van der Waals surface area contributed by atoms with Crippen LogP contribution >= 0.6 is 0 Å². The SMILES string of the molecule is CCC1(CC)c2cc(OC)ccc2CC1NC(C)=O. The number of amides is 1. The maximum atomic E-state index is 11.5. The van der Waals surface area contributed by atoms with E-state index in [1.807, 2.05) is 6.07 Å². The van der Waals surface area contributed by atoms with Crippen LogP contribution in [-0.4, -0.2) is 19.1 Å². The van der Waals surface area contributed by atoms with Crippen molar-refractivity contribution in [1.29, 1.82) is 0 Å². The molecule has 0 fully saturated rings. The van der Waals surface area contributed by atoms with Gasteiger partial charge in [0, 0.05) is 18.4 Å². The number of hydrogen-bond donors (Lipinski definition) is 1. The Balaban J connectivity index is 2.47. The average Bonchev–Trinajstić information content (AvgIpc) is 2.70. The van der Waals surface area contributed by atoms with Crippen LogP contribution in [0.15, 0.2) is 18.2 Å². The van der Waals surface area contributed by atoms with E-state index in [-0.39, 0.29) is 17.4 Å². The molecule has 0 bridgehead atoms. The van der Waals surface area contributed by atoms with E-state index < -0.39 is 0 Å². The fourth-order valence-electron chi connectivity index (χ4n) is 3.49. The fourth-order valence-corrected chi connectivity index (χ4v) is 3.49. The molecule has 0 heterocycles. The molecule has 1 amide bonds. The van der Waals surface area contributed by atoms with Gasteiger partial charge in [-0.25, -0.2) is 0 Å². The molecule has 104 valence electrons. The van der Waals surface area contributed by atoms with Crippen LogP contribution in [0.4, 0.5) is 0 Å². The maximum absolute atomic E-state index is 11.5. The van der Waals surface area contributed by atoms with Gasteiger partial charge < -0.3 is 10.1 Å². The summed E-state index contributed by atoms with van der Waals surface area (Å²) in [7, 11) is 1.70. The molecule has 2 rings (SSSR count). The minimum atomic E-state index is 0.0372. The van der Waals surface area contributed by atoms with E-state index in [1.165, 1.54) is 11.1 Å². The summed E-state index contributed by atoms with van der Waals surface area (Å²) < 4.78 is 5.35. The van der Waals surface area contributed by atoms with Crippen molar-refractivity contribution in [3.05, 3.63) is 29.3 Å². The Kier molecular flexibility index (Phi) is 3.83. The van der Waals surface area contributed by atoms with E-state index in [9.17, 15) is 4.79 Å². The van der Waals surface area contributed by atoms with Gasteiger partial charge in [-0.1, -0.05) is 19.9 Å². The summed E-state index contributed by atoms with van der Waals surface area (Å²) in [5.41, 5.74) is 2.72. The molecule has 0 aromatic heterocycles. The average molecular weight is 261 g/mol. The monoisotopic (exact) mass is 261 g/mol. The zero-order valence-electron chi connectivity index (χ0n) is 12.2. The van der Waals surface area contributed by atoms with Gasteiger partial charge in [-0.2, -0.15) is 0 Å². The first-order valence-electron chi connectivity index (χ1n) is 7.02. The molecule has 1 aliphatic rings. The van der Waals surface area contributed by atoms with Crippen molar-refractivity contribution in [2.24, 2.45) is 0 Å². The highest BCUT2D eigenvalue weighted by atomic mass is 16.5. The van der Waals surface area contributed by atoms with Gasteiger partial charge in [-0.15, -0.1) is 0 Å². The Morgan fingerprint density at radius 3 is 2.63 bits per heavy atom. The lowest BCUT2D eigenvalue weighted by Gasteiger charge is -2.35. The molecule has 0 radical (unpaired) electrons. The Hall–Kier alpha value is -1.51. The minimum absolute atomic E-state index is 0.0372. The summed E-state index contributed by atoms with van der Waals surface area (Å²) in [6.07, 6.45) is 2.96. The molecule has 1 atom stereocenters. The van der Waals surface area contributed by atoms with Crippen LogP contribution < -0.4 is 10.1 Å². The second kappa shape index (κ2) is 5.24. The standard InChI is InChI=1S/C16H23NO2/c1-5-16(6-2)14-10-13(19-4)8-7-12(14)9-15(16)17-11(3)18/h7-8,10,15H,5-6,9H2,1-4H3,(H,17,18). The highest BCUT2D eigenvalue weighted by molar-refractivity contribution is 5.74. The number of nitrogens with one attached hydrogen (secondary N) is 1. The predicted octanol–water partition coefficient (Wildman–Crippen LogP) is 2.81. The molecular weight excluding hydrogens is 238 g/mol. The Labute approximate surface area is 115 Å². The molecule has 0 saturated carbocycles. The van der Waals surface area contributed by atoms with Crippen molar-refractivity contribution in [1.82, 2.24) is 5.32 Å². The highest BCUT2D eigenvalue weighted by Crippen LogP contribution is 2.45. The molecule has 0 aliphatic heterocycles. The molecule has 3 heteroatoms. The zero-order chi connectivity index (χ0) is 14.0. The first kappa shape index (κ1) is 13.9. The molecule has 1 N–H and O–H groups in total. The summed E-state index contributed by atoms with van der Waals surface area (Å²) in [5.74, 6) is 0.949. The molecular formula is C16H23NO2. The molecule has 1 aliphatic carbocycles. The number of hydrogen-bond acceptors (Lipinski definition) is 2. The zero-order valence-corrected chi connectivity index (χ0v) is 12.2. The molecule has 0 saturated heterocycles. The molecule has 19 heavy (non-hydrogen) atoms. The van der Waals surface area contributed by atoms with Gasteiger partial charge in [0.1, 0.15) is 5.75 Å². The van der Waals surface area contributed by atoms with E-state index in [0.29, 0.717) is 0 Å². The number of fused-ring (bicyclic) bond motifs is 1. The first-order chi connectivity index (χ1) is 9.07. The number of carbonyl (C=O) groups is 1. The molecule has 1 aromatic rings. The number of rotatable bonds is 4. The van der Waals surface area contributed by atoms with E-state index in [2.05, 4.69) is 31.3 Å². The van der Waals surface area contributed by atoms with Crippen LogP contribution in [0.5, 0.6) is 5.75 Å². The largest absolute Gasteiger partial charge is 0.497 e. The van der Waals surface area contributed by atoms with Gasteiger partial charge in [-0.05, 0) is 42.5 Å². The van der Waals surface area contributed by atoms with E-state index in [4.69, 9.17) is 4.74 Å². The lowest BCUT2D eigenvalue weighted by molar-refractivity contribution is -0.120. The third kappa shape index (κ3) is 2.22. The second-order valence-electron chi connectivity index (χ2n) is 5.34. The summed E-state index contributed by atoms with van der Waals surface area (Å²) in [4.78, 5) is 11.5. The lowest BCUT2D eigenvalue weighted by atomic mass is 9.74. The quantitative estimate of drug-likeness (QED) is 0.905. The van der Waals surface area contributed by atoms with Crippen LogP contribution in [0, 0.1) is 0 Å². The Morgan fingerprint density at radius 2 is 2.11 bits per heavy atom. The molecule has 1 unspecified atom stereocenters. The lowest BCUT2D eigenvalue weighted by Crippen LogP contribution is -2.47. The van der Waals surface area contributed by atoms with Crippen molar-refractivity contribution in [2.75, 3.05) is 7.11 Å². The third-order valence-corrected chi connectivity index (χ3v) is 4.58. The van der Waals surface area contributed by atoms with E-state index >= 15 is 0 Å². The van der Waals surface area contributed by atoms with Crippen molar-refractivity contribution in [3.8, 4) is 5.75 Å². The third-order valence-electron chi connectivity index (χ3n) is 4.58. The van der Waals surface area contributed by atoms with Crippen molar-refractivity contribution >= 4 is 5.91 Å². The van der Waals surface area contributed by atoms with Crippen LogP contribution in [0.2, 0.25) is 0 Å². The second-order valence-corrected chi connectivity index (χ2v) is 5.34. The summed E-state index contributed by atoms with van der Waals surface area (Å²) >= 11 is 0. The number of carbonyl (C=O) groups excluding carboxylic acids is 1. The summed E-state index contributed by atoms with van der Waals surface area (Å²) in [6.45, 7) is 6.00. The first-order valence-corrected chi connectivity index (χ1v) is 7.02. The Bertz CT molecular complexity index is 478. The number of methoxy groups -OCH3 is 1. The van der Waals surface area contributed by atoms with Crippen LogP contribution in [0.1, 0.15) is 44.7 Å². The van der Waals surface area contributed by atoms with Gasteiger partial charge in [0.2, 0.25) is 5.91 Å². The van der Waals surface area contributed by atoms with Crippen molar-refractivity contribution in [3.63, 3.8) is 0 Å². The van der Waals surface area contributed by atoms with Gasteiger partial charge in [0.25, 0.3) is 0 Å². The molecule has 3 nitrogen and oxygen atoms in total. The summed E-state index contributed by atoms with van der Waals surface area (Å²) in [5, 5.41) is 3.14. The number of benzene rings is 1. The molecule has 0 spiro atoms. The van der Waals surface area contributed by atoms with E-state index in [1.54, 1.807) is 14.0 Å². The van der Waals surface area contributed by atoms with Gasteiger partial charge >= 0.3 is 0 Å². The normalized spacial score (nSPS) is 19.9. The van der Waals surface area contributed by atoms with Crippen LogP contribution in [0.3, 0.4) is 0 Å². The predicted molar refractivity (Wildman–Crippen MR) is 76.6 cm³/mol. The van der Waals surface area contributed by atoms with Crippen LogP contribution in [0.25, 0.3) is 0 Å². The fraction of sp³-hybridized carbons (Fsp3) is 0.562. The van der Waals surface area contributed by atoms with Gasteiger partial charge in [-0.3, -0.25) is 4.79 Å².